The minimum absolute atomic E-state index is 0.0277. The molecule has 0 fully saturated rings. The van der Waals surface area contributed by atoms with Crippen molar-refractivity contribution >= 4 is 17.7 Å². The molecule has 0 unspecified atom stereocenters. The summed E-state index contributed by atoms with van der Waals surface area (Å²) in [5, 5.41) is 0.881. The second kappa shape index (κ2) is 8.82. The highest BCUT2D eigenvalue weighted by Gasteiger charge is 2.22. The fraction of sp³-hybridized carbons (Fsp3) is 0.304. The van der Waals surface area contributed by atoms with E-state index in [1.54, 1.807) is 24.1 Å². The van der Waals surface area contributed by atoms with E-state index in [0.717, 1.165) is 34.9 Å². The van der Waals surface area contributed by atoms with Gasteiger partial charge in [0.1, 0.15) is 5.82 Å². The molecule has 0 spiro atoms. The molecule has 0 saturated carbocycles. The molecule has 150 valence electrons. The maximum absolute atomic E-state index is 13.1. The molecular formula is C23H24FN3OS. The number of carbonyl (C=O) groups is 1. The molecule has 1 aliphatic carbocycles. The number of thioether (sulfide) groups is 1. The van der Waals surface area contributed by atoms with Crippen LogP contribution in [0.3, 0.4) is 0 Å². The van der Waals surface area contributed by atoms with Crippen LogP contribution in [0.1, 0.15) is 29.8 Å². The monoisotopic (exact) mass is 409 g/mol. The van der Waals surface area contributed by atoms with Crippen molar-refractivity contribution in [1.82, 2.24) is 14.5 Å². The number of para-hydroxylation sites is 1. The van der Waals surface area contributed by atoms with Gasteiger partial charge in [0.05, 0.1) is 11.4 Å². The van der Waals surface area contributed by atoms with Crippen LogP contribution in [0.15, 0.2) is 59.8 Å². The fourth-order valence-electron chi connectivity index (χ4n) is 3.64. The highest BCUT2D eigenvalue weighted by Crippen LogP contribution is 2.30. The maximum Gasteiger partial charge on any atom is 0.233 e. The van der Waals surface area contributed by atoms with Crippen molar-refractivity contribution in [2.24, 2.45) is 0 Å². The molecule has 29 heavy (non-hydrogen) atoms. The average Bonchev–Trinajstić information content (AvgIpc) is 3.12. The molecule has 0 radical (unpaired) electrons. The van der Waals surface area contributed by atoms with Crippen LogP contribution in [0.4, 0.5) is 4.39 Å². The third kappa shape index (κ3) is 4.53. The first-order chi connectivity index (χ1) is 14.1. The minimum Gasteiger partial charge on any atom is -0.341 e. The molecule has 1 aliphatic rings. The molecule has 4 rings (SSSR count). The van der Waals surface area contributed by atoms with Gasteiger partial charge in [-0.15, -0.1) is 0 Å². The SMILES string of the molecule is CN(Cc1ccc(F)cc1)C(=O)CSc1nc2c(n1-c1ccccc1)CCCC2. The van der Waals surface area contributed by atoms with Crippen LogP contribution in [0.2, 0.25) is 0 Å². The number of aromatic nitrogens is 2. The lowest BCUT2D eigenvalue weighted by molar-refractivity contribution is -0.127. The quantitative estimate of drug-likeness (QED) is 0.557. The number of benzene rings is 2. The van der Waals surface area contributed by atoms with Gasteiger partial charge in [-0.25, -0.2) is 9.37 Å². The molecule has 1 aromatic heterocycles. The molecule has 0 bridgehead atoms. The van der Waals surface area contributed by atoms with E-state index >= 15 is 0 Å². The number of imidazole rings is 1. The first-order valence-corrected chi connectivity index (χ1v) is 10.9. The normalized spacial score (nSPS) is 13.2. The molecule has 0 saturated heterocycles. The largest absolute Gasteiger partial charge is 0.341 e. The van der Waals surface area contributed by atoms with Gasteiger partial charge in [0.15, 0.2) is 5.16 Å². The molecule has 0 atom stereocenters. The highest BCUT2D eigenvalue weighted by atomic mass is 32.2. The van der Waals surface area contributed by atoms with E-state index in [0.29, 0.717) is 12.3 Å². The zero-order chi connectivity index (χ0) is 20.2. The van der Waals surface area contributed by atoms with Crippen LogP contribution in [-0.4, -0.2) is 33.2 Å². The van der Waals surface area contributed by atoms with Gasteiger partial charge < -0.3 is 4.90 Å². The van der Waals surface area contributed by atoms with Crippen LogP contribution >= 0.6 is 11.8 Å². The third-order valence-electron chi connectivity index (χ3n) is 5.20. The van der Waals surface area contributed by atoms with Crippen LogP contribution in [0, 0.1) is 5.82 Å². The van der Waals surface area contributed by atoms with Crippen LogP contribution in [0.25, 0.3) is 5.69 Å². The van der Waals surface area contributed by atoms with Gasteiger partial charge in [0.2, 0.25) is 5.91 Å². The van der Waals surface area contributed by atoms with Crippen LogP contribution < -0.4 is 0 Å². The third-order valence-corrected chi connectivity index (χ3v) is 6.12. The van der Waals surface area contributed by atoms with Crippen molar-refractivity contribution < 1.29 is 9.18 Å². The number of nitrogens with zero attached hydrogens (tertiary/aromatic N) is 3. The number of fused-ring (bicyclic) bond motifs is 1. The second-order valence-corrected chi connectivity index (χ2v) is 8.27. The van der Waals surface area contributed by atoms with Crippen molar-refractivity contribution in [3.63, 3.8) is 0 Å². The Hall–Kier alpha value is -2.60. The smallest absolute Gasteiger partial charge is 0.233 e. The minimum atomic E-state index is -0.269. The van der Waals surface area contributed by atoms with E-state index < -0.39 is 0 Å². The molecule has 0 N–H and O–H groups in total. The van der Waals surface area contributed by atoms with Crippen molar-refractivity contribution in [3.8, 4) is 5.69 Å². The second-order valence-electron chi connectivity index (χ2n) is 7.33. The number of rotatable bonds is 6. The molecule has 0 aliphatic heterocycles. The number of aryl methyl sites for hydroxylation is 1. The number of hydrogen-bond acceptors (Lipinski definition) is 3. The number of carbonyl (C=O) groups excluding carboxylic acids is 1. The summed E-state index contributed by atoms with van der Waals surface area (Å²) in [6, 6.07) is 16.5. The first-order valence-electron chi connectivity index (χ1n) is 9.89. The van der Waals surface area contributed by atoms with E-state index in [4.69, 9.17) is 4.98 Å². The molecule has 1 amide bonds. The van der Waals surface area contributed by atoms with Gasteiger partial charge in [-0.05, 0) is 55.5 Å². The average molecular weight is 410 g/mol. The van der Waals surface area contributed by atoms with Crippen molar-refractivity contribution in [1.29, 1.82) is 0 Å². The van der Waals surface area contributed by atoms with E-state index in [2.05, 4.69) is 16.7 Å². The van der Waals surface area contributed by atoms with Crippen LogP contribution in [-0.2, 0) is 24.2 Å². The van der Waals surface area contributed by atoms with Gasteiger partial charge in [0, 0.05) is 25.0 Å². The summed E-state index contributed by atoms with van der Waals surface area (Å²) in [6.45, 7) is 0.462. The van der Waals surface area contributed by atoms with Gasteiger partial charge in [0.25, 0.3) is 0 Å². The topological polar surface area (TPSA) is 38.1 Å². The summed E-state index contributed by atoms with van der Waals surface area (Å²) in [6.07, 6.45) is 4.37. The molecule has 4 nitrogen and oxygen atoms in total. The molecule has 6 heteroatoms. The Morgan fingerprint density at radius 2 is 1.83 bits per heavy atom. The molecule has 3 aromatic rings. The van der Waals surface area contributed by atoms with Gasteiger partial charge in [-0.3, -0.25) is 9.36 Å². The zero-order valence-electron chi connectivity index (χ0n) is 16.5. The lowest BCUT2D eigenvalue weighted by Crippen LogP contribution is -2.27. The Bertz CT molecular complexity index is 985. The van der Waals surface area contributed by atoms with Gasteiger partial charge in [-0.1, -0.05) is 42.1 Å². The number of amides is 1. The first kappa shape index (κ1) is 19.7. The summed E-state index contributed by atoms with van der Waals surface area (Å²) in [5.41, 5.74) is 4.44. The Morgan fingerprint density at radius 1 is 1.10 bits per heavy atom. The predicted octanol–water partition coefficient (Wildman–Crippen LogP) is 4.64. The van der Waals surface area contributed by atoms with Crippen molar-refractivity contribution in [3.05, 3.63) is 77.4 Å². The fourth-order valence-corrected chi connectivity index (χ4v) is 4.64. The van der Waals surface area contributed by atoms with Gasteiger partial charge in [-0.2, -0.15) is 0 Å². The maximum atomic E-state index is 13.1. The molecular weight excluding hydrogens is 385 g/mol. The van der Waals surface area contributed by atoms with Crippen LogP contribution in [0.5, 0.6) is 0 Å². The molecule has 1 heterocycles. The number of hydrogen-bond donors (Lipinski definition) is 0. The Morgan fingerprint density at radius 3 is 2.59 bits per heavy atom. The van der Waals surface area contributed by atoms with Gasteiger partial charge >= 0.3 is 0 Å². The predicted molar refractivity (Wildman–Crippen MR) is 114 cm³/mol. The summed E-state index contributed by atoms with van der Waals surface area (Å²) in [4.78, 5) is 19.2. The number of halogens is 1. The lowest BCUT2D eigenvalue weighted by atomic mass is 10.0. The van der Waals surface area contributed by atoms with E-state index in [-0.39, 0.29) is 11.7 Å². The Kier molecular flexibility index (Phi) is 6.00. The Labute approximate surface area is 174 Å². The zero-order valence-corrected chi connectivity index (χ0v) is 17.3. The summed E-state index contributed by atoms with van der Waals surface area (Å²) in [7, 11) is 1.78. The standard InChI is InChI=1S/C23H24FN3OS/c1-26(15-17-11-13-18(24)14-12-17)22(28)16-29-23-25-20-9-5-6-10-21(20)27(23)19-7-3-2-4-8-19/h2-4,7-8,11-14H,5-6,9-10,15-16H2,1H3. The van der Waals surface area contributed by atoms with E-state index in [1.807, 2.05) is 18.2 Å². The Balaban J connectivity index is 1.48. The van der Waals surface area contributed by atoms with Crippen molar-refractivity contribution in [2.75, 3.05) is 12.8 Å². The van der Waals surface area contributed by atoms with E-state index in [9.17, 15) is 9.18 Å². The highest BCUT2D eigenvalue weighted by molar-refractivity contribution is 7.99. The van der Waals surface area contributed by atoms with E-state index in [1.165, 1.54) is 42.4 Å². The molecule has 2 aromatic carbocycles. The van der Waals surface area contributed by atoms with Crippen molar-refractivity contribution in [2.45, 2.75) is 37.4 Å². The lowest BCUT2D eigenvalue weighted by Gasteiger charge is -2.18. The summed E-state index contributed by atoms with van der Waals surface area (Å²) in [5.74, 6) is 0.0790. The summed E-state index contributed by atoms with van der Waals surface area (Å²) < 4.78 is 15.3. The summed E-state index contributed by atoms with van der Waals surface area (Å²) >= 11 is 1.49.